The second kappa shape index (κ2) is 14.4. The van der Waals surface area contributed by atoms with E-state index >= 15 is 0 Å². The summed E-state index contributed by atoms with van der Waals surface area (Å²) in [5, 5.41) is 27.1. The van der Waals surface area contributed by atoms with Gasteiger partial charge in [-0.05, 0) is 78.3 Å². The van der Waals surface area contributed by atoms with Crippen LogP contribution < -0.4 is 10.9 Å². The summed E-state index contributed by atoms with van der Waals surface area (Å²) in [6.07, 6.45) is -1.20. The number of hydrogen-bond donors (Lipinski definition) is 3. The number of rotatable bonds is 5. The molecule has 3 N–H and O–H groups in total. The van der Waals surface area contributed by atoms with Crippen LogP contribution in [0.25, 0.3) is 22.3 Å². The lowest BCUT2D eigenvalue weighted by molar-refractivity contribution is -0.195. The molecule has 4 aromatic rings. The summed E-state index contributed by atoms with van der Waals surface area (Å²) in [6, 6.07) is 18.4. The van der Waals surface area contributed by atoms with Gasteiger partial charge in [-0.25, -0.2) is 14.6 Å². The number of nitrogens with one attached hydrogen (secondary N) is 1. The van der Waals surface area contributed by atoms with Gasteiger partial charge in [0.15, 0.2) is 17.5 Å². The molecule has 1 spiro atoms. The highest BCUT2D eigenvalue weighted by Crippen LogP contribution is 2.76. The fourth-order valence-electron chi connectivity index (χ4n) is 11.1. The van der Waals surface area contributed by atoms with Gasteiger partial charge in [0.25, 0.3) is 5.56 Å². The molecule has 3 saturated heterocycles. The Morgan fingerprint density at radius 3 is 2.46 bits per heavy atom. The maximum Gasteiger partial charge on any atom is 0.343 e. The Hall–Kier alpha value is -5.25. The molecule has 7 heterocycles. The van der Waals surface area contributed by atoms with Crippen LogP contribution in [0.2, 0.25) is 5.02 Å². The highest BCUT2D eigenvalue weighted by molar-refractivity contribution is 6.31. The number of benzene rings is 2. The molecule has 10 atom stereocenters. The third kappa shape index (κ3) is 6.12. The highest BCUT2D eigenvalue weighted by Gasteiger charge is 2.95. The number of ketones is 1. The molecule has 14 nitrogen and oxygen atoms in total. The fraction of sp³-hybridized carbons (Fsp3) is 0.458. The molecule has 0 amide bonds. The molecule has 2 aliphatic carbocycles. The number of cyclic esters (lactones) is 1. The Labute approximate surface area is 368 Å². The normalized spacial score (nSPS) is 32.5. The fourth-order valence-corrected chi connectivity index (χ4v) is 11.3. The topological polar surface area (TPSA) is 196 Å². The summed E-state index contributed by atoms with van der Waals surface area (Å²) in [7, 11) is 0. The van der Waals surface area contributed by atoms with Gasteiger partial charge in [0, 0.05) is 45.0 Å². The third-order valence-corrected chi connectivity index (χ3v) is 14.4. The number of aromatic nitrogens is 2. The summed E-state index contributed by atoms with van der Waals surface area (Å²) in [5.74, 6) is -2.50. The SMILES string of the molecule is C=C(C)[C@@H]1[C@H]2OC(=O)[C@@H]1[C@]1(O)C[C@H]3O[C@]34C(=O)O[C@H]2[C@]14C.CC(NC(C)(C)C)C(=O)c1cccc(Cl)c1.CC[C@@]1(O)C(=O)OCc2c1cc1n(c2=O)Cc2cc3ccccc3nc2-1. The van der Waals surface area contributed by atoms with Crippen LogP contribution in [0, 0.1) is 17.3 Å². The number of epoxide rings is 1. The van der Waals surface area contributed by atoms with Crippen molar-refractivity contribution < 1.29 is 48.3 Å². The zero-order chi connectivity index (χ0) is 45.3. The van der Waals surface area contributed by atoms with Crippen molar-refractivity contribution in [1.29, 1.82) is 0 Å². The number of ether oxygens (including phenoxy) is 4. The lowest BCUT2D eigenvalue weighted by Gasteiger charge is -2.51. The van der Waals surface area contributed by atoms with Gasteiger partial charge >= 0.3 is 17.9 Å². The molecule has 63 heavy (non-hydrogen) atoms. The van der Waals surface area contributed by atoms with Crippen LogP contribution in [-0.2, 0) is 52.1 Å². The standard InChI is InChI=1S/C20H16N2O4.C15H16O6.C13H18ClNO/c1-2-20(25)14-8-16-17-12(7-11-5-3-4-6-15(11)21-17)9-22(16)18(23)13(14)10-26-19(20)24;1-5(2)7-8-11(16)19-9(7)10-13(3)14(8,18)4-6-15(13,21-6)12(17)20-10;1-9(15-13(2,3)4)12(16)10-6-5-7-11(14)8-10/h3-8,25H,2,9-10H2,1H3;6-10,18H,1,4H2,2-3H3;5-9,15H,1-4H3/t20-;6-,7+,8-,9-,10-,13-,14-,15+;/m01./s1. The first kappa shape index (κ1) is 43.0. The predicted octanol–water partition coefficient (Wildman–Crippen LogP) is 5.32. The van der Waals surface area contributed by atoms with E-state index in [0.29, 0.717) is 34.0 Å². The molecule has 5 fully saturated rings. The molecule has 11 rings (SSSR count). The zero-order valence-corrected chi connectivity index (χ0v) is 36.9. The van der Waals surface area contributed by atoms with Crippen molar-refractivity contribution in [1.82, 2.24) is 14.9 Å². The van der Waals surface area contributed by atoms with Crippen molar-refractivity contribution in [2.45, 2.75) is 121 Å². The quantitative estimate of drug-likeness (QED) is 0.0676. The van der Waals surface area contributed by atoms with E-state index in [4.69, 9.17) is 35.5 Å². The second-order valence-electron chi connectivity index (χ2n) is 19.0. The minimum absolute atomic E-state index is 0.0671. The Morgan fingerprint density at radius 2 is 1.78 bits per heavy atom. The summed E-state index contributed by atoms with van der Waals surface area (Å²) in [5.41, 5.74) is -0.212. The van der Waals surface area contributed by atoms with Crippen molar-refractivity contribution >= 4 is 46.2 Å². The number of carbonyl (C=O) groups excluding carboxylic acids is 4. The van der Waals surface area contributed by atoms with Crippen molar-refractivity contribution in [3.63, 3.8) is 0 Å². The van der Waals surface area contributed by atoms with E-state index in [2.05, 4.69) is 11.9 Å². The summed E-state index contributed by atoms with van der Waals surface area (Å²) in [6.45, 7) is 17.5. The number of aliphatic hydroxyl groups is 2. The molecule has 2 aromatic carbocycles. The third-order valence-electron chi connectivity index (χ3n) is 14.2. The van der Waals surface area contributed by atoms with Gasteiger partial charge in [0.2, 0.25) is 5.60 Å². The van der Waals surface area contributed by atoms with E-state index in [9.17, 15) is 34.2 Å². The Kier molecular flexibility index (Phi) is 9.82. The van der Waals surface area contributed by atoms with Crippen molar-refractivity contribution in [2.75, 3.05) is 0 Å². The maximum absolute atomic E-state index is 13.0. The van der Waals surface area contributed by atoms with Gasteiger partial charge in [0.1, 0.15) is 18.8 Å². The second-order valence-corrected chi connectivity index (χ2v) is 19.5. The van der Waals surface area contributed by atoms with E-state index < -0.39 is 58.3 Å². The van der Waals surface area contributed by atoms with Crippen molar-refractivity contribution in [3.8, 4) is 11.4 Å². The highest BCUT2D eigenvalue weighted by atomic mass is 35.5. The van der Waals surface area contributed by atoms with Gasteiger partial charge in [-0.3, -0.25) is 14.4 Å². The molecule has 1 unspecified atom stereocenters. The zero-order valence-electron chi connectivity index (χ0n) is 36.1. The van der Waals surface area contributed by atoms with Crippen LogP contribution in [0.1, 0.15) is 88.4 Å². The smallest absolute Gasteiger partial charge is 0.343 e. The Morgan fingerprint density at radius 1 is 1.05 bits per heavy atom. The van der Waals surface area contributed by atoms with Crippen LogP contribution in [0.15, 0.2) is 77.6 Å². The van der Waals surface area contributed by atoms with E-state index in [0.717, 1.165) is 27.7 Å². The number of fused-ring (bicyclic) bond motifs is 9. The van der Waals surface area contributed by atoms with Crippen molar-refractivity contribution in [2.24, 2.45) is 17.3 Å². The average molecular weight is 880 g/mol. The number of Topliss-reactive ketones (excluding diaryl/α,β-unsaturated/α-hetero) is 1. The molecule has 2 bridgehead atoms. The number of pyridine rings is 2. The summed E-state index contributed by atoms with van der Waals surface area (Å²) >= 11 is 5.85. The van der Waals surface area contributed by atoms with Crippen LogP contribution in [0.3, 0.4) is 0 Å². The molecular weight excluding hydrogens is 830 g/mol. The summed E-state index contributed by atoms with van der Waals surface area (Å²) in [4.78, 5) is 66.6. The Balaban J connectivity index is 0.000000124. The minimum Gasteiger partial charge on any atom is -0.458 e. The molecule has 330 valence electrons. The van der Waals surface area contributed by atoms with E-state index in [1.54, 1.807) is 48.7 Å². The van der Waals surface area contributed by atoms with E-state index in [1.807, 2.05) is 65.0 Å². The molecule has 5 aliphatic heterocycles. The van der Waals surface area contributed by atoms with Crippen LogP contribution in [0.4, 0.5) is 0 Å². The van der Waals surface area contributed by atoms with Crippen LogP contribution >= 0.6 is 11.6 Å². The van der Waals surface area contributed by atoms with Crippen molar-refractivity contribution in [3.05, 3.63) is 110 Å². The monoisotopic (exact) mass is 879 g/mol. The first-order valence-electron chi connectivity index (χ1n) is 21.2. The Bertz CT molecular complexity index is 2750. The van der Waals surface area contributed by atoms with Gasteiger partial charge in [-0.1, -0.05) is 61.0 Å². The minimum atomic E-state index is -1.79. The number of nitrogens with zero attached hydrogens (tertiary/aromatic N) is 2. The molecule has 2 saturated carbocycles. The van der Waals surface area contributed by atoms with Crippen LogP contribution in [0.5, 0.6) is 0 Å². The van der Waals surface area contributed by atoms with E-state index in [1.165, 1.54) is 0 Å². The molecular formula is C48H50ClN3O11. The molecule has 2 aromatic heterocycles. The number of carbonyl (C=O) groups is 4. The molecule has 7 aliphatic rings. The van der Waals surface area contributed by atoms with Crippen LogP contribution in [-0.4, -0.2) is 84.6 Å². The molecule has 15 heteroatoms. The lowest BCUT2D eigenvalue weighted by Crippen LogP contribution is -2.66. The first-order valence-corrected chi connectivity index (χ1v) is 21.6. The number of para-hydroxylation sites is 1. The van der Waals surface area contributed by atoms with E-state index in [-0.39, 0.29) is 54.4 Å². The van der Waals surface area contributed by atoms with Gasteiger partial charge in [0.05, 0.1) is 52.0 Å². The number of esters is 3. The maximum atomic E-state index is 13.0. The molecule has 0 radical (unpaired) electrons. The first-order chi connectivity index (χ1) is 29.6. The van der Waals surface area contributed by atoms with Gasteiger partial charge in [-0.15, -0.1) is 0 Å². The predicted molar refractivity (Wildman–Crippen MR) is 229 cm³/mol. The number of halogens is 1. The largest absolute Gasteiger partial charge is 0.458 e. The van der Waals surface area contributed by atoms with Gasteiger partial charge < -0.3 is 39.0 Å². The van der Waals surface area contributed by atoms with Gasteiger partial charge in [-0.2, -0.15) is 0 Å². The lowest BCUT2D eigenvalue weighted by atomic mass is 9.53. The average Bonchev–Trinajstić information content (AvgIpc) is 3.46. The number of hydrogen-bond acceptors (Lipinski definition) is 13. The summed E-state index contributed by atoms with van der Waals surface area (Å²) < 4.78 is 23.3.